The number of aryl methyl sites for hydroxylation is 3. The molecule has 28 heavy (non-hydrogen) atoms. The summed E-state index contributed by atoms with van der Waals surface area (Å²) >= 11 is 0. The van der Waals surface area contributed by atoms with Gasteiger partial charge in [0.15, 0.2) is 0 Å². The maximum absolute atomic E-state index is 12.8. The van der Waals surface area contributed by atoms with Gasteiger partial charge in [-0.15, -0.1) is 0 Å². The second-order valence-electron chi connectivity index (χ2n) is 6.98. The highest BCUT2D eigenvalue weighted by Crippen LogP contribution is 2.25. The average Bonchev–Trinajstić information content (AvgIpc) is 3.09. The number of rotatable bonds is 4. The van der Waals surface area contributed by atoms with E-state index < -0.39 is 10.0 Å². The number of fused-ring (bicyclic) bond motifs is 1. The molecule has 0 saturated carbocycles. The molecular weight excluding hydrogens is 370 g/mol. The van der Waals surface area contributed by atoms with Gasteiger partial charge in [-0.1, -0.05) is 24.3 Å². The molecule has 0 fully saturated rings. The first-order chi connectivity index (χ1) is 13.3. The number of aromatic nitrogens is 2. The van der Waals surface area contributed by atoms with Gasteiger partial charge in [0.25, 0.3) is 10.0 Å². The predicted octanol–water partition coefficient (Wildman–Crippen LogP) is 4.73. The summed E-state index contributed by atoms with van der Waals surface area (Å²) in [5, 5.41) is 0. The largest absolute Gasteiger partial charge is 0.306 e. The van der Waals surface area contributed by atoms with E-state index in [0.29, 0.717) is 5.69 Å². The number of hydrogen-bond donors (Lipinski definition) is 1. The van der Waals surface area contributed by atoms with Gasteiger partial charge in [0, 0.05) is 23.6 Å². The lowest BCUT2D eigenvalue weighted by Gasteiger charge is -2.10. The zero-order valence-electron chi connectivity index (χ0n) is 16.0. The lowest BCUT2D eigenvalue weighted by molar-refractivity contribution is 0.601. The Morgan fingerprint density at radius 3 is 2.46 bits per heavy atom. The molecule has 5 nitrogen and oxygen atoms in total. The van der Waals surface area contributed by atoms with E-state index in [9.17, 15) is 8.42 Å². The summed E-state index contributed by atoms with van der Waals surface area (Å²) in [5.74, 6) is 0. The van der Waals surface area contributed by atoms with Gasteiger partial charge in [-0.05, 0) is 67.8 Å². The fourth-order valence-electron chi connectivity index (χ4n) is 3.13. The van der Waals surface area contributed by atoms with Gasteiger partial charge in [0.05, 0.1) is 10.6 Å². The Hall–Kier alpha value is -3.12. The van der Waals surface area contributed by atoms with Crippen LogP contribution < -0.4 is 4.72 Å². The van der Waals surface area contributed by atoms with Crippen LogP contribution in [-0.4, -0.2) is 17.8 Å². The predicted molar refractivity (Wildman–Crippen MR) is 112 cm³/mol. The van der Waals surface area contributed by atoms with E-state index in [0.717, 1.165) is 33.6 Å². The Kier molecular flexibility index (Phi) is 4.43. The van der Waals surface area contributed by atoms with Crippen LogP contribution in [0.5, 0.6) is 0 Å². The normalized spacial score (nSPS) is 11.7. The molecule has 0 saturated heterocycles. The van der Waals surface area contributed by atoms with E-state index in [4.69, 9.17) is 0 Å². The second kappa shape index (κ2) is 6.80. The quantitative estimate of drug-likeness (QED) is 0.547. The molecule has 4 rings (SSSR count). The number of nitrogens with zero attached hydrogens (tertiary/aromatic N) is 2. The van der Waals surface area contributed by atoms with Crippen LogP contribution in [-0.2, 0) is 10.0 Å². The number of imidazole rings is 1. The van der Waals surface area contributed by atoms with Crippen LogP contribution in [0.1, 0.15) is 16.7 Å². The third-order valence-corrected chi connectivity index (χ3v) is 6.26. The number of anilines is 1. The van der Waals surface area contributed by atoms with Crippen molar-refractivity contribution in [3.8, 4) is 11.3 Å². The molecule has 142 valence electrons. The molecule has 0 unspecified atom stereocenters. The van der Waals surface area contributed by atoms with E-state index in [2.05, 4.69) is 9.71 Å². The van der Waals surface area contributed by atoms with Crippen molar-refractivity contribution in [2.75, 3.05) is 4.72 Å². The van der Waals surface area contributed by atoms with E-state index in [-0.39, 0.29) is 4.90 Å². The van der Waals surface area contributed by atoms with E-state index >= 15 is 0 Å². The van der Waals surface area contributed by atoms with Gasteiger partial charge >= 0.3 is 0 Å². The molecule has 2 aromatic heterocycles. The van der Waals surface area contributed by atoms with Crippen molar-refractivity contribution in [2.45, 2.75) is 25.7 Å². The summed E-state index contributed by atoms with van der Waals surface area (Å²) in [6, 6.07) is 16.4. The zero-order valence-corrected chi connectivity index (χ0v) is 16.8. The second-order valence-corrected chi connectivity index (χ2v) is 8.66. The Bertz CT molecular complexity index is 1290. The first-order valence-corrected chi connectivity index (χ1v) is 10.5. The minimum absolute atomic E-state index is 0.254. The standard InChI is InChI=1S/C22H21N3O2S/c1-15-9-10-20(12-17(15)3)28(26,27)24-19-8-4-7-18(13-19)21-14-25-11-5-6-16(2)22(25)23-21/h4-14,24H,1-3H3. The van der Waals surface area contributed by atoms with Gasteiger partial charge in [-0.25, -0.2) is 13.4 Å². The van der Waals surface area contributed by atoms with Crippen LogP contribution in [0.2, 0.25) is 0 Å². The maximum Gasteiger partial charge on any atom is 0.261 e. The highest BCUT2D eigenvalue weighted by atomic mass is 32.2. The lowest BCUT2D eigenvalue weighted by Crippen LogP contribution is -2.13. The van der Waals surface area contributed by atoms with Gasteiger partial charge in [-0.3, -0.25) is 4.72 Å². The van der Waals surface area contributed by atoms with Gasteiger partial charge < -0.3 is 4.40 Å². The summed E-state index contributed by atoms with van der Waals surface area (Å²) in [6.07, 6.45) is 3.89. The molecule has 2 aromatic carbocycles. The Morgan fingerprint density at radius 2 is 1.71 bits per heavy atom. The molecule has 0 spiro atoms. The lowest BCUT2D eigenvalue weighted by atomic mass is 10.1. The van der Waals surface area contributed by atoms with Crippen LogP contribution in [0.25, 0.3) is 16.9 Å². The fraction of sp³-hybridized carbons (Fsp3) is 0.136. The van der Waals surface area contributed by atoms with E-state index in [1.807, 2.05) is 67.9 Å². The Morgan fingerprint density at radius 1 is 0.893 bits per heavy atom. The number of sulfonamides is 1. The molecule has 0 aliphatic rings. The van der Waals surface area contributed by atoms with Crippen molar-refractivity contribution >= 4 is 21.4 Å². The highest BCUT2D eigenvalue weighted by molar-refractivity contribution is 7.92. The summed E-state index contributed by atoms with van der Waals surface area (Å²) in [4.78, 5) is 4.94. The van der Waals surface area contributed by atoms with Gasteiger partial charge in [0.1, 0.15) is 5.65 Å². The first kappa shape index (κ1) is 18.3. The third kappa shape index (κ3) is 3.39. The van der Waals surface area contributed by atoms with Crippen molar-refractivity contribution < 1.29 is 8.42 Å². The Balaban J connectivity index is 1.68. The van der Waals surface area contributed by atoms with E-state index in [1.165, 1.54) is 0 Å². The van der Waals surface area contributed by atoms with Crippen LogP contribution in [0.15, 0.2) is 71.9 Å². The minimum atomic E-state index is -3.66. The first-order valence-electron chi connectivity index (χ1n) is 8.98. The average molecular weight is 391 g/mol. The molecular formula is C22H21N3O2S. The van der Waals surface area contributed by atoms with Gasteiger partial charge in [0.2, 0.25) is 0 Å². The summed E-state index contributed by atoms with van der Waals surface area (Å²) in [7, 11) is -3.66. The van der Waals surface area contributed by atoms with Crippen molar-refractivity contribution in [1.82, 2.24) is 9.38 Å². The minimum Gasteiger partial charge on any atom is -0.306 e. The molecule has 0 amide bonds. The summed E-state index contributed by atoms with van der Waals surface area (Å²) < 4.78 is 30.2. The SMILES string of the molecule is Cc1ccc(S(=O)(=O)Nc2cccc(-c3cn4cccc(C)c4n3)c2)cc1C. The summed E-state index contributed by atoms with van der Waals surface area (Å²) in [5.41, 5.74) is 6.12. The zero-order chi connectivity index (χ0) is 19.9. The molecule has 0 radical (unpaired) electrons. The van der Waals surface area contributed by atoms with Crippen molar-refractivity contribution in [3.63, 3.8) is 0 Å². The molecule has 0 atom stereocenters. The number of hydrogen-bond acceptors (Lipinski definition) is 3. The van der Waals surface area contributed by atoms with Gasteiger partial charge in [-0.2, -0.15) is 0 Å². The maximum atomic E-state index is 12.8. The topological polar surface area (TPSA) is 63.5 Å². The van der Waals surface area contributed by atoms with Crippen LogP contribution >= 0.6 is 0 Å². The van der Waals surface area contributed by atoms with Crippen LogP contribution in [0, 0.1) is 20.8 Å². The molecule has 1 N–H and O–H groups in total. The molecule has 0 aliphatic carbocycles. The van der Waals surface area contributed by atoms with Crippen LogP contribution in [0.3, 0.4) is 0 Å². The molecule has 4 aromatic rings. The molecule has 0 aliphatic heterocycles. The van der Waals surface area contributed by atoms with Crippen molar-refractivity contribution in [1.29, 1.82) is 0 Å². The number of pyridine rings is 1. The summed E-state index contributed by atoms with van der Waals surface area (Å²) in [6.45, 7) is 5.87. The van der Waals surface area contributed by atoms with Crippen LogP contribution in [0.4, 0.5) is 5.69 Å². The highest BCUT2D eigenvalue weighted by Gasteiger charge is 2.15. The fourth-order valence-corrected chi connectivity index (χ4v) is 4.26. The molecule has 2 heterocycles. The molecule has 0 bridgehead atoms. The van der Waals surface area contributed by atoms with E-state index in [1.54, 1.807) is 24.3 Å². The third-order valence-electron chi connectivity index (χ3n) is 4.88. The van der Waals surface area contributed by atoms with Crippen molar-refractivity contribution in [3.05, 3.63) is 83.7 Å². The molecule has 6 heteroatoms. The number of benzene rings is 2. The van der Waals surface area contributed by atoms with Crippen molar-refractivity contribution in [2.24, 2.45) is 0 Å². The Labute approximate surface area is 164 Å². The monoisotopic (exact) mass is 391 g/mol. The smallest absolute Gasteiger partial charge is 0.261 e. The number of nitrogens with one attached hydrogen (secondary N) is 1.